The Labute approximate surface area is 127 Å². The standard InChI is InChI=1S/C19H28O2/c1-17-7-6-14-12(13(17)3-4-15(17)20)9-16(21)19-10-11(19)5-8-18(14,19)2/h11-14,16,21H,3-10H2,1-2H3/t11-,12+,13+,14+,16-,17+,18-,19-/m1/s1. The summed E-state index contributed by atoms with van der Waals surface area (Å²) in [6.07, 6.45) is 9.10. The van der Waals surface area contributed by atoms with Crippen molar-refractivity contribution < 1.29 is 9.90 Å². The van der Waals surface area contributed by atoms with E-state index in [9.17, 15) is 9.90 Å². The zero-order valence-corrected chi connectivity index (χ0v) is 13.4. The first kappa shape index (κ1) is 13.1. The lowest BCUT2D eigenvalue weighted by atomic mass is 9.46. The molecular weight excluding hydrogens is 260 g/mol. The lowest BCUT2D eigenvalue weighted by Gasteiger charge is -2.59. The van der Waals surface area contributed by atoms with E-state index in [1.165, 1.54) is 25.7 Å². The summed E-state index contributed by atoms with van der Waals surface area (Å²) in [5, 5.41) is 11.0. The number of fused-ring (bicyclic) bond motifs is 4. The Morgan fingerprint density at radius 2 is 1.90 bits per heavy atom. The molecule has 0 unspecified atom stereocenters. The molecule has 0 aromatic rings. The number of carbonyl (C=O) groups excluding carboxylic acids is 1. The largest absolute Gasteiger partial charge is 0.393 e. The maximum Gasteiger partial charge on any atom is 0.139 e. The van der Waals surface area contributed by atoms with E-state index in [0.29, 0.717) is 23.0 Å². The van der Waals surface area contributed by atoms with Crippen LogP contribution < -0.4 is 0 Å². The second kappa shape index (κ2) is 3.58. The van der Waals surface area contributed by atoms with Gasteiger partial charge < -0.3 is 5.11 Å². The Bertz CT molecular complexity index is 528. The maximum atomic E-state index is 12.4. The van der Waals surface area contributed by atoms with Gasteiger partial charge in [-0.2, -0.15) is 0 Å². The lowest BCUT2D eigenvalue weighted by Crippen LogP contribution is -2.56. The first-order valence-electron chi connectivity index (χ1n) is 9.15. The minimum Gasteiger partial charge on any atom is -0.393 e. The molecule has 5 aliphatic carbocycles. The van der Waals surface area contributed by atoms with Crippen LogP contribution in [-0.4, -0.2) is 17.0 Å². The van der Waals surface area contributed by atoms with Crippen molar-refractivity contribution in [1.82, 2.24) is 0 Å². The van der Waals surface area contributed by atoms with E-state index >= 15 is 0 Å². The number of carbonyl (C=O) groups is 1. The summed E-state index contributed by atoms with van der Waals surface area (Å²) in [7, 11) is 0. The van der Waals surface area contributed by atoms with E-state index in [0.717, 1.165) is 37.5 Å². The fourth-order valence-electron chi connectivity index (χ4n) is 8.08. The van der Waals surface area contributed by atoms with Gasteiger partial charge >= 0.3 is 0 Å². The molecule has 5 aliphatic rings. The van der Waals surface area contributed by atoms with Gasteiger partial charge in [-0.1, -0.05) is 13.8 Å². The number of hydrogen-bond acceptors (Lipinski definition) is 2. The van der Waals surface area contributed by atoms with Crippen LogP contribution in [0.2, 0.25) is 0 Å². The molecular formula is C19H28O2. The predicted octanol–water partition coefficient (Wildman–Crippen LogP) is 3.57. The van der Waals surface area contributed by atoms with Crippen molar-refractivity contribution in [1.29, 1.82) is 0 Å². The van der Waals surface area contributed by atoms with Gasteiger partial charge in [0, 0.05) is 17.3 Å². The average molecular weight is 288 g/mol. The number of aliphatic hydroxyl groups is 1. The molecule has 0 aromatic carbocycles. The Kier molecular flexibility index (Phi) is 2.23. The summed E-state index contributed by atoms with van der Waals surface area (Å²) in [6.45, 7) is 4.73. The molecule has 1 N–H and O–H groups in total. The monoisotopic (exact) mass is 288 g/mol. The van der Waals surface area contributed by atoms with Crippen molar-refractivity contribution in [2.75, 3.05) is 0 Å². The van der Waals surface area contributed by atoms with Crippen LogP contribution in [0.3, 0.4) is 0 Å². The van der Waals surface area contributed by atoms with E-state index in [2.05, 4.69) is 13.8 Å². The predicted molar refractivity (Wildman–Crippen MR) is 80.6 cm³/mol. The van der Waals surface area contributed by atoms with Gasteiger partial charge in [0.25, 0.3) is 0 Å². The number of rotatable bonds is 0. The van der Waals surface area contributed by atoms with Gasteiger partial charge in [0.15, 0.2) is 0 Å². The topological polar surface area (TPSA) is 37.3 Å². The molecule has 2 heteroatoms. The number of aliphatic hydroxyl groups excluding tert-OH is 1. The number of hydrogen-bond donors (Lipinski definition) is 1. The van der Waals surface area contributed by atoms with E-state index in [1.54, 1.807) is 0 Å². The third kappa shape index (κ3) is 1.22. The summed E-state index contributed by atoms with van der Waals surface area (Å²) in [5.41, 5.74) is 0.598. The van der Waals surface area contributed by atoms with Crippen molar-refractivity contribution in [3.05, 3.63) is 0 Å². The zero-order chi connectivity index (χ0) is 14.6. The zero-order valence-electron chi connectivity index (χ0n) is 13.4. The summed E-state index contributed by atoms with van der Waals surface area (Å²) in [5.74, 6) is 3.28. The molecule has 0 saturated heterocycles. The third-order valence-electron chi connectivity index (χ3n) is 9.28. The summed E-state index contributed by atoms with van der Waals surface area (Å²) < 4.78 is 0. The van der Waals surface area contributed by atoms with Crippen molar-refractivity contribution in [2.45, 2.75) is 71.3 Å². The Morgan fingerprint density at radius 1 is 1.10 bits per heavy atom. The number of ketones is 1. The molecule has 0 amide bonds. The highest BCUT2D eigenvalue weighted by Crippen LogP contribution is 2.81. The molecule has 2 nitrogen and oxygen atoms in total. The van der Waals surface area contributed by atoms with Crippen LogP contribution >= 0.6 is 0 Å². The first-order chi connectivity index (χ1) is 9.93. The third-order valence-corrected chi connectivity index (χ3v) is 9.28. The van der Waals surface area contributed by atoms with E-state index in [4.69, 9.17) is 0 Å². The molecule has 0 aliphatic heterocycles. The van der Waals surface area contributed by atoms with Crippen LogP contribution in [0, 0.1) is 39.9 Å². The average Bonchev–Trinajstić information content (AvgIpc) is 3.01. The summed E-state index contributed by atoms with van der Waals surface area (Å²) in [4.78, 5) is 12.4. The van der Waals surface area contributed by atoms with Crippen molar-refractivity contribution in [3.63, 3.8) is 0 Å². The van der Waals surface area contributed by atoms with Crippen LogP contribution in [0.25, 0.3) is 0 Å². The molecule has 0 heterocycles. The van der Waals surface area contributed by atoms with Crippen LogP contribution in [0.1, 0.15) is 65.2 Å². The highest BCUT2D eigenvalue weighted by molar-refractivity contribution is 5.87. The minimum absolute atomic E-state index is 0.0523. The number of Topliss-reactive ketones (excluding diaryl/α,β-unsaturated/α-hetero) is 1. The summed E-state index contributed by atoms with van der Waals surface area (Å²) >= 11 is 0. The maximum absolute atomic E-state index is 12.4. The highest BCUT2D eigenvalue weighted by atomic mass is 16.3. The molecule has 116 valence electrons. The van der Waals surface area contributed by atoms with Crippen molar-refractivity contribution >= 4 is 5.78 Å². The van der Waals surface area contributed by atoms with Gasteiger partial charge in [0.1, 0.15) is 5.78 Å². The quantitative estimate of drug-likeness (QED) is 0.740. The van der Waals surface area contributed by atoms with Crippen LogP contribution in [0.15, 0.2) is 0 Å². The van der Waals surface area contributed by atoms with Crippen LogP contribution in [0.5, 0.6) is 0 Å². The molecule has 1 spiro atoms. The fraction of sp³-hybridized carbons (Fsp3) is 0.947. The van der Waals surface area contributed by atoms with Crippen molar-refractivity contribution in [3.8, 4) is 0 Å². The molecule has 5 rings (SSSR count). The minimum atomic E-state index is -0.0886. The summed E-state index contributed by atoms with van der Waals surface area (Å²) in [6, 6.07) is 0. The SMILES string of the molecule is C[C@]12CC[C@H]3[C@@H](C[C@@H](O)[C@@]45C[C@H]4CC[C@]35C)[C@@H]1CCC2=O. The fourth-order valence-corrected chi connectivity index (χ4v) is 8.08. The Hall–Kier alpha value is -0.370. The molecule has 0 aromatic heterocycles. The van der Waals surface area contributed by atoms with Gasteiger partial charge in [0.05, 0.1) is 6.10 Å². The molecule has 5 saturated carbocycles. The molecule has 0 bridgehead atoms. The normalized spacial score (nSPS) is 64.5. The lowest BCUT2D eigenvalue weighted by molar-refractivity contribution is -0.154. The Balaban J connectivity index is 1.57. The van der Waals surface area contributed by atoms with Gasteiger partial charge in [0.2, 0.25) is 0 Å². The van der Waals surface area contributed by atoms with E-state index in [-0.39, 0.29) is 16.9 Å². The van der Waals surface area contributed by atoms with Crippen LogP contribution in [-0.2, 0) is 4.79 Å². The van der Waals surface area contributed by atoms with Gasteiger partial charge in [-0.15, -0.1) is 0 Å². The molecule has 0 radical (unpaired) electrons. The Morgan fingerprint density at radius 3 is 2.67 bits per heavy atom. The van der Waals surface area contributed by atoms with E-state index < -0.39 is 0 Å². The van der Waals surface area contributed by atoms with Crippen LogP contribution in [0.4, 0.5) is 0 Å². The molecule has 21 heavy (non-hydrogen) atoms. The van der Waals surface area contributed by atoms with Gasteiger partial charge in [-0.3, -0.25) is 4.79 Å². The van der Waals surface area contributed by atoms with Crippen molar-refractivity contribution in [2.24, 2.45) is 39.9 Å². The van der Waals surface area contributed by atoms with Gasteiger partial charge in [-0.25, -0.2) is 0 Å². The first-order valence-corrected chi connectivity index (χ1v) is 9.15. The van der Waals surface area contributed by atoms with Gasteiger partial charge in [-0.05, 0) is 74.0 Å². The molecule has 8 atom stereocenters. The smallest absolute Gasteiger partial charge is 0.139 e. The highest BCUT2D eigenvalue weighted by Gasteiger charge is 2.77. The van der Waals surface area contributed by atoms with E-state index in [1.807, 2.05) is 0 Å². The second-order valence-electron chi connectivity index (χ2n) is 9.44. The second-order valence-corrected chi connectivity index (χ2v) is 9.44. The molecule has 5 fully saturated rings.